The molecule has 206 valence electrons. The van der Waals surface area contributed by atoms with E-state index in [2.05, 4.69) is 20.3 Å². The molecule has 1 saturated carbocycles. The fraction of sp³-hybridized carbons (Fsp3) is 0.360. The Morgan fingerprint density at radius 1 is 1.08 bits per heavy atom. The van der Waals surface area contributed by atoms with Gasteiger partial charge >= 0.3 is 6.18 Å². The largest absolute Gasteiger partial charge is 0.451 e. The molecule has 3 heterocycles. The zero-order valence-electron chi connectivity index (χ0n) is 20.2. The number of hydrogen-bond donors (Lipinski definition) is 1. The van der Waals surface area contributed by atoms with Gasteiger partial charge in [-0.1, -0.05) is 0 Å². The molecule has 2 atom stereocenters. The molecule has 5 rings (SSSR count). The Labute approximate surface area is 220 Å². The van der Waals surface area contributed by atoms with Crippen molar-refractivity contribution in [2.75, 3.05) is 6.54 Å². The van der Waals surface area contributed by atoms with Crippen LogP contribution in [0.5, 0.6) is 0 Å². The summed E-state index contributed by atoms with van der Waals surface area (Å²) in [6, 6.07) is 6.03. The van der Waals surface area contributed by atoms with Crippen LogP contribution in [-0.4, -0.2) is 52.3 Å². The van der Waals surface area contributed by atoms with Gasteiger partial charge in [0, 0.05) is 49.1 Å². The maximum atomic E-state index is 14.3. The number of sulfonamides is 1. The van der Waals surface area contributed by atoms with E-state index in [0.717, 1.165) is 53.8 Å². The van der Waals surface area contributed by atoms with Crippen LogP contribution in [0.4, 0.5) is 22.0 Å². The molecule has 2 aromatic heterocycles. The van der Waals surface area contributed by atoms with Gasteiger partial charge < -0.3 is 5.32 Å². The van der Waals surface area contributed by atoms with E-state index in [0.29, 0.717) is 17.0 Å². The normalized spacial score (nSPS) is 20.2. The van der Waals surface area contributed by atoms with Gasteiger partial charge in [0.2, 0.25) is 21.8 Å². The molecular formula is C25H22F5N5O3S. The molecule has 2 aliphatic rings. The SMILES string of the molecule is O=C(NCc1cc(-c2cnc(C(F)(F)F)nc2)nc(C2CC2)c1)[C@@H]1C[C@@H](F)CN1S(=O)(=O)c1ccc(F)cc1. The van der Waals surface area contributed by atoms with Gasteiger partial charge in [-0.15, -0.1) is 0 Å². The molecule has 3 aromatic rings. The standard InChI is InChI=1S/C25H22F5N5O3S/c26-17-3-5-19(6-4-17)39(37,38)35-13-18(27)9-22(35)23(36)31-10-14-7-20(15-1-2-15)34-21(8-14)16-11-32-24(33-12-16)25(28,29)30/h3-8,11-12,15,18,22H,1-2,9-10,13H2,(H,31,36)/t18-,22+/m1/s1. The fourth-order valence-electron chi connectivity index (χ4n) is 4.36. The van der Waals surface area contributed by atoms with Gasteiger partial charge in [-0.05, 0) is 54.8 Å². The third-order valence-electron chi connectivity index (χ3n) is 6.50. The summed E-state index contributed by atoms with van der Waals surface area (Å²) < 4.78 is 93.0. The third-order valence-corrected chi connectivity index (χ3v) is 8.38. The first-order valence-electron chi connectivity index (χ1n) is 12.0. The summed E-state index contributed by atoms with van der Waals surface area (Å²) in [5, 5.41) is 2.64. The van der Waals surface area contributed by atoms with E-state index in [1.807, 2.05) is 0 Å². The minimum absolute atomic E-state index is 0.0621. The van der Waals surface area contributed by atoms with E-state index in [1.165, 1.54) is 0 Å². The van der Waals surface area contributed by atoms with Gasteiger partial charge in [0.1, 0.15) is 18.0 Å². The molecule has 8 nitrogen and oxygen atoms in total. The lowest BCUT2D eigenvalue weighted by atomic mass is 10.1. The monoisotopic (exact) mass is 567 g/mol. The minimum atomic E-state index is -4.69. The summed E-state index contributed by atoms with van der Waals surface area (Å²) in [6.45, 7) is -0.579. The van der Waals surface area contributed by atoms with Crippen LogP contribution in [0.2, 0.25) is 0 Å². The molecule has 1 aromatic carbocycles. The van der Waals surface area contributed by atoms with Crippen molar-refractivity contribution in [3.05, 3.63) is 71.7 Å². The second-order valence-electron chi connectivity index (χ2n) is 9.45. The lowest BCUT2D eigenvalue weighted by Crippen LogP contribution is -2.45. The van der Waals surface area contributed by atoms with Gasteiger partial charge in [0.15, 0.2) is 0 Å². The molecule has 0 radical (unpaired) electrons. The van der Waals surface area contributed by atoms with Crippen molar-refractivity contribution >= 4 is 15.9 Å². The summed E-state index contributed by atoms with van der Waals surface area (Å²) in [4.78, 5) is 24.0. The van der Waals surface area contributed by atoms with Gasteiger partial charge in [-0.25, -0.2) is 27.2 Å². The number of hydrogen-bond acceptors (Lipinski definition) is 6. The first-order chi connectivity index (χ1) is 18.4. The van der Waals surface area contributed by atoms with Crippen molar-refractivity contribution in [2.45, 2.75) is 55.0 Å². The molecule has 0 spiro atoms. The van der Waals surface area contributed by atoms with E-state index >= 15 is 0 Å². The van der Waals surface area contributed by atoms with Gasteiger partial charge in [-0.3, -0.25) is 9.78 Å². The first kappa shape index (κ1) is 27.1. The molecule has 1 aliphatic heterocycles. The van der Waals surface area contributed by atoms with E-state index in [-0.39, 0.29) is 29.3 Å². The lowest BCUT2D eigenvalue weighted by Gasteiger charge is -2.23. The van der Waals surface area contributed by atoms with Gasteiger partial charge in [0.05, 0.1) is 10.6 Å². The number of rotatable bonds is 7. The highest BCUT2D eigenvalue weighted by Crippen LogP contribution is 2.40. The molecule has 14 heteroatoms. The van der Waals surface area contributed by atoms with Crippen LogP contribution in [0.1, 0.15) is 42.3 Å². The molecule has 0 bridgehead atoms. The average molecular weight is 568 g/mol. The minimum Gasteiger partial charge on any atom is -0.351 e. The molecule has 39 heavy (non-hydrogen) atoms. The van der Waals surface area contributed by atoms with Crippen LogP contribution in [-0.2, 0) is 27.5 Å². The predicted molar refractivity (Wildman–Crippen MR) is 128 cm³/mol. The summed E-state index contributed by atoms with van der Waals surface area (Å²) >= 11 is 0. The van der Waals surface area contributed by atoms with Crippen molar-refractivity contribution < 1.29 is 35.2 Å². The number of benzene rings is 1. The smallest absolute Gasteiger partial charge is 0.351 e. The van der Waals surface area contributed by atoms with E-state index in [1.54, 1.807) is 12.1 Å². The average Bonchev–Trinajstić information content (AvgIpc) is 3.67. The van der Waals surface area contributed by atoms with Crippen LogP contribution in [0.25, 0.3) is 11.3 Å². The Morgan fingerprint density at radius 3 is 2.36 bits per heavy atom. The van der Waals surface area contributed by atoms with Crippen LogP contribution in [0.15, 0.2) is 53.7 Å². The number of carbonyl (C=O) groups excluding carboxylic acids is 1. The molecular weight excluding hydrogens is 545 g/mol. The fourth-order valence-corrected chi connectivity index (χ4v) is 5.99. The van der Waals surface area contributed by atoms with E-state index < -0.39 is 52.5 Å². The van der Waals surface area contributed by atoms with Crippen LogP contribution >= 0.6 is 0 Å². The highest BCUT2D eigenvalue weighted by atomic mass is 32.2. The lowest BCUT2D eigenvalue weighted by molar-refractivity contribution is -0.145. The predicted octanol–water partition coefficient (Wildman–Crippen LogP) is 3.99. The molecule has 1 amide bonds. The number of amides is 1. The van der Waals surface area contributed by atoms with Crippen molar-refractivity contribution in [3.63, 3.8) is 0 Å². The van der Waals surface area contributed by atoms with Crippen molar-refractivity contribution in [1.29, 1.82) is 0 Å². The van der Waals surface area contributed by atoms with Gasteiger partial charge in [-0.2, -0.15) is 17.5 Å². The van der Waals surface area contributed by atoms with Crippen molar-refractivity contribution in [2.24, 2.45) is 0 Å². The summed E-state index contributed by atoms with van der Waals surface area (Å²) in [5.41, 5.74) is 1.84. The Morgan fingerprint density at radius 2 is 1.74 bits per heavy atom. The topological polar surface area (TPSA) is 105 Å². The molecule has 1 aliphatic carbocycles. The number of pyridine rings is 1. The van der Waals surface area contributed by atoms with Crippen molar-refractivity contribution in [3.8, 4) is 11.3 Å². The van der Waals surface area contributed by atoms with Crippen LogP contribution in [0.3, 0.4) is 0 Å². The summed E-state index contributed by atoms with van der Waals surface area (Å²) in [7, 11) is -4.27. The number of alkyl halides is 4. The van der Waals surface area contributed by atoms with Gasteiger partial charge in [0.25, 0.3) is 0 Å². The van der Waals surface area contributed by atoms with E-state index in [9.17, 15) is 35.2 Å². The third kappa shape index (κ3) is 5.91. The number of nitrogens with zero attached hydrogens (tertiary/aromatic N) is 4. The maximum Gasteiger partial charge on any atom is 0.451 e. The highest BCUT2D eigenvalue weighted by molar-refractivity contribution is 7.89. The quantitative estimate of drug-likeness (QED) is 0.433. The highest BCUT2D eigenvalue weighted by Gasteiger charge is 2.44. The molecule has 0 unspecified atom stereocenters. The first-order valence-corrected chi connectivity index (χ1v) is 13.5. The number of nitrogens with one attached hydrogen (secondary N) is 1. The zero-order chi connectivity index (χ0) is 27.9. The summed E-state index contributed by atoms with van der Waals surface area (Å²) in [6.07, 6.45) is -2.77. The number of carbonyl (C=O) groups is 1. The maximum absolute atomic E-state index is 14.3. The molecule has 2 fully saturated rings. The second-order valence-corrected chi connectivity index (χ2v) is 11.3. The van der Waals surface area contributed by atoms with Crippen molar-refractivity contribution in [1.82, 2.24) is 24.6 Å². The molecule has 1 saturated heterocycles. The van der Waals surface area contributed by atoms with Crippen LogP contribution < -0.4 is 5.32 Å². The zero-order valence-corrected chi connectivity index (χ0v) is 21.0. The Hall–Kier alpha value is -3.52. The number of halogens is 5. The Bertz CT molecular complexity index is 1480. The van der Waals surface area contributed by atoms with Crippen LogP contribution in [0, 0.1) is 5.82 Å². The molecule has 1 N–H and O–H groups in total. The number of aromatic nitrogens is 3. The Kier molecular flexibility index (Phi) is 7.10. The summed E-state index contributed by atoms with van der Waals surface area (Å²) in [5.74, 6) is -2.46. The Balaban J connectivity index is 1.35. The van der Waals surface area contributed by atoms with E-state index in [4.69, 9.17) is 0 Å². The second kappa shape index (κ2) is 10.2.